The fourth-order valence-corrected chi connectivity index (χ4v) is 2.37. The second-order valence-corrected chi connectivity index (χ2v) is 5.83. The maximum atomic E-state index is 13.5. The standard InChI is InChI=1S/C14H9Cl3FNOS/c15-9-4-11(17)13(5-10(9)16)20-6-7-1-2-12(18)8(3-7)14(19)21/h1-5H,6H2,(H2,19,21). The molecule has 0 amide bonds. The minimum Gasteiger partial charge on any atom is -0.487 e. The van der Waals surface area contributed by atoms with Crippen molar-refractivity contribution < 1.29 is 9.13 Å². The van der Waals surface area contributed by atoms with E-state index in [0.717, 1.165) is 0 Å². The highest BCUT2D eigenvalue weighted by atomic mass is 35.5. The van der Waals surface area contributed by atoms with E-state index >= 15 is 0 Å². The molecular formula is C14H9Cl3FNOS. The quantitative estimate of drug-likeness (QED) is 0.612. The van der Waals surface area contributed by atoms with Gasteiger partial charge in [0.2, 0.25) is 0 Å². The summed E-state index contributed by atoms with van der Waals surface area (Å²) < 4.78 is 19.0. The molecule has 0 fully saturated rings. The number of halogens is 4. The molecule has 0 saturated carbocycles. The van der Waals surface area contributed by atoms with Gasteiger partial charge >= 0.3 is 0 Å². The van der Waals surface area contributed by atoms with Crippen LogP contribution >= 0.6 is 47.0 Å². The molecule has 2 aromatic carbocycles. The number of rotatable bonds is 4. The van der Waals surface area contributed by atoms with Crippen LogP contribution in [0.15, 0.2) is 30.3 Å². The second-order valence-electron chi connectivity index (χ2n) is 4.16. The van der Waals surface area contributed by atoms with Gasteiger partial charge in [-0.05, 0) is 23.8 Å². The average Bonchev–Trinajstić information content (AvgIpc) is 2.42. The average molecular weight is 365 g/mol. The van der Waals surface area contributed by atoms with Crippen LogP contribution in [0.4, 0.5) is 4.39 Å². The highest BCUT2D eigenvalue weighted by Gasteiger charge is 2.09. The van der Waals surface area contributed by atoms with E-state index in [9.17, 15) is 4.39 Å². The lowest BCUT2D eigenvalue weighted by Gasteiger charge is -2.10. The van der Waals surface area contributed by atoms with Gasteiger partial charge in [-0.3, -0.25) is 0 Å². The van der Waals surface area contributed by atoms with Crippen LogP contribution in [0.2, 0.25) is 15.1 Å². The first-order chi connectivity index (χ1) is 9.88. The van der Waals surface area contributed by atoms with E-state index in [2.05, 4.69) is 0 Å². The predicted octanol–water partition coefficient (Wildman–Crippen LogP) is 5.00. The van der Waals surface area contributed by atoms with Gasteiger partial charge < -0.3 is 10.5 Å². The van der Waals surface area contributed by atoms with Crippen LogP contribution in [0.3, 0.4) is 0 Å². The van der Waals surface area contributed by atoms with Crippen molar-refractivity contribution in [1.82, 2.24) is 0 Å². The molecule has 0 spiro atoms. The van der Waals surface area contributed by atoms with Crippen LogP contribution in [-0.2, 0) is 6.61 Å². The van der Waals surface area contributed by atoms with Crippen LogP contribution < -0.4 is 10.5 Å². The van der Waals surface area contributed by atoms with E-state index in [-0.39, 0.29) is 17.2 Å². The van der Waals surface area contributed by atoms with Gasteiger partial charge in [-0.15, -0.1) is 0 Å². The van der Waals surface area contributed by atoms with Crippen LogP contribution in [0, 0.1) is 5.82 Å². The van der Waals surface area contributed by atoms with Gasteiger partial charge in [-0.2, -0.15) is 0 Å². The third-order valence-electron chi connectivity index (χ3n) is 2.67. The minimum absolute atomic E-state index is 0.0121. The smallest absolute Gasteiger partial charge is 0.139 e. The van der Waals surface area contributed by atoms with Crippen molar-refractivity contribution in [2.75, 3.05) is 0 Å². The third kappa shape index (κ3) is 3.98. The molecule has 0 unspecified atom stereocenters. The first-order valence-electron chi connectivity index (χ1n) is 5.74. The molecule has 110 valence electrons. The van der Waals surface area contributed by atoms with Gasteiger partial charge in [-0.25, -0.2) is 4.39 Å². The number of benzene rings is 2. The Balaban J connectivity index is 2.19. The first-order valence-corrected chi connectivity index (χ1v) is 7.28. The topological polar surface area (TPSA) is 35.2 Å². The number of ether oxygens (including phenoxy) is 1. The lowest BCUT2D eigenvalue weighted by atomic mass is 10.1. The third-order valence-corrected chi connectivity index (χ3v) is 3.90. The molecule has 2 nitrogen and oxygen atoms in total. The fraction of sp³-hybridized carbons (Fsp3) is 0.0714. The van der Waals surface area contributed by atoms with Gasteiger partial charge in [0.15, 0.2) is 0 Å². The molecule has 0 aliphatic rings. The van der Waals surface area contributed by atoms with Crippen LogP contribution in [0.5, 0.6) is 5.75 Å². The molecule has 2 aromatic rings. The molecule has 0 bridgehead atoms. The van der Waals surface area contributed by atoms with Crippen LogP contribution in [0.25, 0.3) is 0 Å². The van der Waals surface area contributed by atoms with E-state index in [1.807, 2.05) is 0 Å². The number of hydrogen-bond donors (Lipinski definition) is 1. The van der Waals surface area contributed by atoms with Crippen molar-refractivity contribution in [3.8, 4) is 5.75 Å². The zero-order valence-electron chi connectivity index (χ0n) is 10.5. The van der Waals surface area contributed by atoms with Gasteiger partial charge in [0.25, 0.3) is 0 Å². The van der Waals surface area contributed by atoms with Gasteiger partial charge in [-0.1, -0.05) is 53.1 Å². The zero-order valence-corrected chi connectivity index (χ0v) is 13.6. The predicted molar refractivity (Wildman–Crippen MR) is 88.1 cm³/mol. The monoisotopic (exact) mass is 363 g/mol. The summed E-state index contributed by atoms with van der Waals surface area (Å²) in [5.41, 5.74) is 6.32. The van der Waals surface area contributed by atoms with Crippen LogP contribution in [-0.4, -0.2) is 4.99 Å². The Bertz CT molecular complexity index is 709. The molecule has 0 aliphatic heterocycles. The van der Waals surface area contributed by atoms with E-state index in [1.54, 1.807) is 6.07 Å². The summed E-state index contributed by atoms with van der Waals surface area (Å²) in [4.78, 5) is -0.0121. The minimum atomic E-state index is -0.473. The molecular weight excluding hydrogens is 356 g/mol. The molecule has 0 aromatic heterocycles. The Kier molecular flexibility index (Phi) is 5.27. The first kappa shape index (κ1) is 16.3. The lowest BCUT2D eigenvalue weighted by molar-refractivity contribution is 0.306. The van der Waals surface area contributed by atoms with E-state index in [4.69, 9.17) is 57.5 Å². The molecule has 0 radical (unpaired) electrons. The van der Waals surface area contributed by atoms with Crippen molar-refractivity contribution >= 4 is 52.0 Å². The highest BCUT2D eigenvalue weighted by molar-refractivity contribution is 7.80. The Morgan fingerprint density at radius 2 is 1.76 bits per heavy atom. The Morgan fingerprint density at radius 3 is 2.43 bits per heavy atom. The molecule has 0 saturated heterocycles. The van der Waals surface area contributed by atoms with Crippen molar-refractivity contribution in [3.63, 3.8) is 0 Å². The summed E-state index contributed by atoms with van der Waals surface area (Å²) in [6, 6.07) is 7.39. The molecule has 2 rings (SSSR count). The van der Waals surface area contributed by atoms with E-state index in [1.165, 1.54) is 24.3 Å². The maximum absolute atomic E-state index is 13.5. The van der Waals surface area contributed by atoms with Gasteiger partial charge in [0, 0.05) is 11.6 Å². The van der Waals surface area contributed by atoms with Crippen molar-refractivity contribution in [2.45, 2.75) is 6.61 Å². The largest absolute Gasteiger partial charge is 0.487 e. The zero-order chi connectivity index (χ0) is 15.6. The molecule has 7 heteroatoms. The van der Waals surface area contributed by atoms with E-state index in [0.29, 0.717) is 26.4 Å². The molecule has 2 N–H and O–H groups in total. The summed E-state index contributed by atoms with van der Waals surface area (Å²) >= 11 is 22.5. The van der Waals surface area contributed by atoms with E-state index < -0.39 is 5.82 Å². The summed E-state index contributed by atoms with van der Waals surface area (Å²) in [5, 5.41) is 1.01. The lowest BCUT2D eigenvalue weighted by Crippen LogP contribution is -2.12. The number of thiocarbonyl (C=S) groups is 1. The van der Waals surface area contributed by atoms with Crippen LogP contribution in [0.1, 0.15) is 11.1 Å². The highest BCUT2D eigenvalue weighted by Crippen LogP contribution is 2.34. The SMILES string of the molecule is NC(=S)c1cc(COc2cc(Cl)c(Cl)cc2Cl)ccc1F. The number of hydrogen-bond acceptors (Lipinski definition) is 2. The number of nitrogens with two attached hydrogens (primary N) is 1. The van der Waals surface area contributed by atoms with Crippen molar-refractivity contribution in [3.05, 3.63) is 62.3 Å². The molecule has 0 aliphatic carbocycles. The summed E-state index contributed by atoms with van der Waals surface area (Å²) in [6.07, 6.45) is 0. The Morgan fingerprint density at radius 1 is 1.10 bits per heavy atom. The fourth-order valence-electron chi connectivity index (χ4n) is 1.63. The summed E-state index contributed by atoms with van der Waals surface area (Å²) in [5.74, 6) is -0.0916. The normalized spacial score (nSPS) is 10.5. The second kappa shape index (κ2) is 6.79. The molecule has 0 heterocycles. The van der Waals surface area contributed by atoms with Gasteiger partial charge in [0.1, 0.15) is 23.2 Å². The van der Waals surface area contributed by atoms with Crippen molar-refractivity contribution in [1.29, 1.82) is 0 Å². The summed E-state index contributed by atoms with van der Waals surface area (Å²) in [6.45, 7) is 0.160. The Labute approximate surface area is 141 Å². The molecule has 0 atom stereocenters. The Hall–Kier alpha value is -1.07. The summed E-state index contributed by atoms with van der Waals surface area (Å²) in [7, 11) is 0. The molecule has 21 heavy (non-hydrogen) atoms. The maximum Gasteiger partial charge on any atom is 0.139 e. The van der Waals surface area contributed by atoms with Gasteiger partial charge in [0.05, 0.1) is 15.1 Å². The van der Waals surface area contributed by atoms with Crippen molar-refractivity contribution in [2.24, 2.45) is 5.73 Å².